The molecule has 1 N–H and O–H groups in total. The molecular weight excluding hydrogens is 435 g/mol. The third kappa shape index (κ3) is 6.28. The van der Waals surface area contributed by atoms with Crippen LogP contribution >= 0.6 is 35.0 Å². The number of benzene rings is 2. The summed E-state index contributed by atoms with van der Waals surface area (Å²) >= 11 is 13.2. The highest BCUT2D eigenvalue weighted by atomic mass is 35.5. The maximum Gasteiger partial charge on any atom is 0.234 e. The minimum absolute atomic E-state index is 0.133. The molecule has 0 radical (unpaired) electrons. The van der Waals surface area contributed by atoms with Crippen LogP contribution in [0.4, 0.5) is 5.69 Å². The number of methoxy groups -OCH3 is 1. The number of carbonyl (C=O) groups is 1. The second-order valence-electron chi connectivity index (χ2n) is 5.95. The van der Waals surface area contributed by atoms with Gasteiger partial charge in [-0.1, -0.05) is 35.0 Å². The van der Waals surface area contributed by atoms with Crippen LogP contribution in [0.5, 0.6) is 11.5 Å². The van der Waals surface area contributed by atoms with Crippen molar-refractivity contribution < 1.29 is 14.3 Å². The Kier molecular flexibility index (Phi) is 7.24. The molecule has 7 nitrogen and oxygen atoms in total. The maximum absolute atomic E-state index is 12.2. The predicted octanol–water partition coefficient (Wildman–Crippen LogP) is 4.37. The van der Waals surface area contributed by atoms with Crippen LogP contribution in [0, 0.1) is 0 Å². The average molecular weight is 453 g/mol. The molecular formula is C19H18Cl2N4O3S. The van der Waals surface area contributed by atoms with E-state index in [0.29, 0.717) is 44.8 Å². The zero-order valence-electron chi connectivity index (χ0n) is 15.7. The van der Waals surface area contributed by atoms with Gasteiger partial charge in [-0.3, -0.25) is 9.80 Å². The molecule has 10 heteroatoms. The van der Waals surface area contributed by atoms with Gasteiger partial charge in [-0.05, 0) is 42.5 Å². The van der Waals surface area contributed by atoms with Gasteiger partial charge in [0.1, 0.15) is 18.0 Å². The molecule has 1 amide bonds. The molecule has 1 aliphatic heterocycles. The Hall–Kier alpha value is -2.42. The summed E-state index contributed by atoms with van der Waals surface area (Å²) in [7, 11) is 3.34. The summed E-state index contributed by atoms with van der Waals surface area (Å²) in [6.07, 6.45) is 0. The number of nitrogens with one attached hydrogen (secondary N) is 1. The number of amidine groups is 1. The fourth-order valence-corrected chi connectivity index (χ4v) is 3.45. The zero-order chi connectivity index (χ0) is 20.8. The number of amides is 1. The highest BCUT2D eigenvalue weighted by Crippen LogP contribution is 2.27. The third-order valence-corrected chi connectivity index (χ3v) is 5.04. The van der Waals surface area contributed by atoms with Crippen LogP contribution in [0.15, 0.2) is 52.6 Å². The van der Waals surface area contributed by atoms with Crippen LogP contribution in [-0.4, -0.2) is 48.4 Å². The number of hydrogen-bond donors (Lipinski definition) is 1. The van der Waals surface area contributed by atoms with Crippen LogP contribution in [0.25, 0.3) is 0 Å². The molecule has 1 aliphatic rings. The van der Waals surface area contributed by atoms with Gasteiger partial charge in [0.15, 0.2) is 0 Å². The van der Waals surface area contributed by atoms with Gasteiger partial charge < -0.3 is 14.8 Å². The number of ether oxygens (including phenoxy) is 2. The topological polar surface area (TPSA) is 75.5 Å². The van der Waals surface area contributed by atoms with Gasteiger partial charge in [0, 0.05) is 17.8 Å². The van der Waals surface area contributed by atoms with Crippen molar-refractivity contribution in [3.8, 4) is 11.5 Å². The lowest BCUT2D eigenvalue weighted by Gasteiger charge is -2.20. The van der Waals surface area contributed by atoms with Gasteiger partial charge in [-0.15, -0.1) is 5.10 Å². The number of hydrazone groups is 1. The quantitative estimate of drug-likeness (QED) is 0.728. The van der Waals surface area contributed by atoms with Crippen molar-refractivity contribution in [3.05, 3.63) is 52.5 Å². The minimum Gasteiger partial charge on any atom is -0.495 e. The summed E-state index contributed by atoms with van der Waals surface area (Å²) in [5.74, 6) is 1.58. The van der Waals surface area contributed by atoms with Crippen molar-refractivity contribution in [2.45, 2.75) is 0 Å². The third-order valence-electron chi connectivity index (χ3n) is 3.66. The first kappa shape index (κ1) is 21.3. The van der Waals surface area contributed by atoms with E-state index in [0.717, 1.165) is 0 Å². The summed E-state index contributed by atoms with van der Waals surface area (Å²) in [4.78, 5) is 16.6. The van der Waals surface area contributed by atoms with E-state index in [4.69, 9.17) is 32.7 Å². The lowest BCUT2D eigenvalue weighted by Crippen LogP contribution is -2.31. The Labute approximate surface area is 182 Å². The van der Waals surface area contributed by atoms with E-state index in [9.17, 15) is 4.79 Å². The van der Waals surface area contributed by atoms with E-state index in [1.165, 1.54) is 18.9 Å². The molecule has 0 saturated carbocycles. The molecule has 0 aliphatic carbocycles. The first-order chi connectivity index (χ1) is 13.9. The Morgan fingerprint density at radius 1 is 1.24 bits per heavy atom. The fraction of sp³-hybridized carbons (Fsp3) is 0.211. The highest BCUT2D eigenvalue weighted by Gasteiger charge is 2.16. The monoisotopic (exact) mass is 452 g/mol. The number of carbonyl (C=O) groups excluding carboxylic acids is 1. The first-order valence-electron chi connectivity index (χ1n) is 8.50. The van der Waals surface area contributed by atoms with Crippen LogP contribution in [0.3, 0.4) is 0 Å². The number of aliphatic imine (C=N–C) groups is 1. The molecule has 0 aromatic heterocycles. The van der Waals surface area contributed by atoms with E-state index >= 15 is 0 Å². The number of nitrogens with zero attached hydrogens (tertiary/aromatic N) is 3. The van der Waals surface area contributed by atoms with Gasteiger partial charge in [0.2, 0.25) is 17.0 Å². The first-order valence-corrected chi connectivity index (χ1v) is 10.2. The second-order valence-corrected chi connectivity index (χ2v) is 7.73. The Bertz CT molecular complexity index is 951. The number of halogens is 2. The van der Waals surface area contributed by atoms with Crippen molar-refractivity contribution in [2.75, 3.05) is 31.8 Å². The summed E-state index contributed by atoms with van der Waals surface area (Å²) in [6, 6.07) is 12.0. The summed E-state index contributed by atoms with van der Waals surface area (Å²) in [5, 5.41) is 10.3. The van der Waals surface area contributed by atoms with Crippen LogP contribution < -0.4 is 14.8 Å². The smallest absolute Gasteiger partial charge is 0.234 e. The molecule has 29 heavy (non-hydrogen) atoms. The number of hydrogen-bond acceptors (Lipinski definition) is 7. The molecule has 0 spiro atoms. The van der Waals surface area contributed by atoms with Crippen molar-refractivity contribution in [2.24, 2.45) is 10.1 Å². The van der Waals surface area contributed by atoms with E-state index in [1.54, 1.807) is 54.5 Å². The van der Waals surface area contributed by atoms with E-state index in [-0.39, 0.29) is 11.7 Å². The summed E-state index contributed by atoms with van der Waals surface area (Å²) in [5.41, 5.74) is 0.583. The normalized spacial score (nSPS) is 13.4. The largest absolute Gasteiger partial charge is 0.495 e. The number of likely N-dealkylation sites (N-methyl/N-ethyl adjacent to an activating group) is 1. The molecule has 2 aromatic rings. The molecule has 0 atom stereocenters. The molecule has 2 aromatic carbocycles. The van der Waals surface area contributed by atoms with Crippen LogP contribution in [0.2, 0.25) is 10.0 Å². The zero-order valence-corrected chi connectivity index (χ0v) is 18.0. The highest BCUT2D eigenvalue weighted by molar-refractivity contribution is 8.14. The van der Waals surface area contributed by atoms with Crippen LogP contribution in [-0.2, 0) is 4.79 Å². The lowest BCUT2D eigenvalue weighted by atomic mass is 10.3. The standard InChI is InChI=1S/C19H18Cl2N4O3S/c1-25-10-18(28-14-6-3-12(20)4-7-14)23-19(24-25)29-11-17(26)22-13-5-8-16(27-2)15(21)9-13/h3-9H,10-11H2,1-2H3,(H,22,26). The number of rotatable bonds is 5. The molecule has 0 saturated heterocycles. The van der Waals surface area contributed by atoms with Gasteiger partial charge in [-0.25, -0.2) is 0 Å². The fourth-order valence-electron chi connectivity index (χ4n) is 2.37. The van der Waals surface area contributed by atoms with Crippen molar-refractivity contribution in [1.82, 2.24) is 5.01 Å². The minimum atomic E-state index is -0.206. The van der Waals surface area contributed by atoms with E-state index in [1.807, 2.05) is 0 Å². The van der Waals surface area contributed by atoms with Crippen molar-refractivity contribution in [3.63, 3.8) is 0 Å². The molecule has 152 valence electrons. The molecule has 3 rings (SSSR count). The van der Waals surface area contributed by atoms with Gasteiger partial charge in [0.25, 0.3) is 0 Å². The van der Waals surface area contributed by atoms with Gasteiger partial charge in [-0.2, -0.15) is 4.99 Å². The molecule has 0 fully saturated rings. The van der Waals surface area contributed by atoms with Crippen molar-refractivity contribution in [1.29, 1.82) is 0 Å². The van der Waals surface area contributed by atoms with E-state index < -0.39 is 0 Å². The predicted molar refractivity (Wildman–Crippen MR) is 119 cm³/mol. The molecule has 0 bridgehead atoms. The van der Waals surface area contributed by atoms with Gasteiger partial charge in [0.05, 0.1) is 17.9 Å². The Balaban J connectivity index is 1.57. The second kappa shape index (κ2) is 9.87. The van der Waals surface area contributed by atoms with Crippen molar-refractivity contribution >= 4 is 57.6 Å². The lowest BCUT2D eigenvalue weighted by molar-refractivity contribution is -0.113. The van der Waals surface area contributed by atoms with Gasteiger partial charge >= 0.3 is 0 Å². The molecule has 0 unspecified atom stereocenters. The summed E-state index contributed by atoms with van der Waals surface area (Å²) in [6.45, 7) is 0.420. The number of anilines is 1. The maximum atomic E-state index is 12.2. The molecule has 1 heterocycles. The average Bonchev–Trinajstić information content (AvgIpc) is 2.68. The number of thioether (sulfide) groups is 1. The van der Waals surface area contributed by atoms with Crippen LogP contribution in [0.1, 0.15) is 0 Å². The van der Waals surface area contributed by atoms with E-state index in [2.05, 4.69) is 15.4 Å². The SMILES string of the molecule is COc1ccc(NC(=O)CSC2=NN(C)CC(Oc3ccc(Cl)cc3)=N2)cc1Cl. The Morgan fingerprint density at radius 3 is 2.69 bits per heavy atom. The summed E-state index contributed by atoms with van der Waals surface area (Å²) < 4.78 is 10.9. The Morgan fingerprint density at radius 2 is 2.00 bits per heavy atom.